The van der Waals surface area contributed by atoms with E-state index in [1.165, 1.54) is 0 Å². The molecule has 0 saturated heterocycles. The lowest BCUT2D eigenvalue weighted by Gasteiger charge is -2.09. The van der Waals surface area contributed by atoms with Crippen LogP contribution < -0.4 is 15.6 Å². The van der Waals surface area contributed by atoms with Gasteiger partial charge in [-0.2, -0.15) is 0 Å². The van der Waals surface area contributed by atoms with Gasteiger partial charge < -0.3 is 10.3 Å². The molecule has 152 valence electrons. The topological polar surface area (TPSA) is 108 Å². The van der Waals surface area contributed by atoms with Crippen molar-refractivity contribution in [2.45, 2.75) is 38.1 Å². The molecule has 2 aromatic rings. The van der Waals surface area contributed by atoms with E-state index in [-0.39, 0.29) is 37.4 Å². The molecule has 2 rings (SSSR count). The van der Waals surface area contributed by atoms with Gasteiger partial charge in [-0.3, -0.25) is 9.59 Å². The van der Waals surface area contributed by atoms with E-state index >= 15 is 0 Å². The summed E-state index contributed by atoms with van der Waals surface area (Å²) in [6, 6.07) is 3.96. The SMILES string of the molecule is Cc1cc(C)c(CNC(=O)CCCNS(=O)(=O)c2ccc(F)cc2F)c(=O)[nH]1. The van der Waals surface area contributed by atoms with Crippen molar-refractivity contribution in [3.63, 3.8) is 0 Å². The van der Waals surface area contributed by atoms with Crippen LogP contribution in [0, 0.1) is 25.5 Å². The summed E-state index contributed by atoms with van der Waals surface area (Å²) >= 11 is 0. The maximum Gasteiger partial charge on any atom is 0.253 e. The van der Waals surface area contributed by atoms with Gasteiger partial charge in [0.05, 0.1) is 0 Å². The summed E-state index contributed by atoms with van der Waals surface area (Å²) in [6.07, 6.45) is 0.175. The van der Waals surface area contributed by atoms with Crippen molar-refractivity contribution >= 4 is 15.9 Å². The summed E-state index contributed by atoms with van der Waals surface area (Å²) in [6.45, 7) is 3.49. The molecule has 0 aliphatic heterocycles. The number of H-pyrrole nitrogens is 1. The zero-order valence-corrected chi connectivity index (χ0v) is 16.3. The Morgan fingerprint density at radius 1 is 1.18 bits per heavy atom. The average Bonchev–Trinajstić information content (AvgIpc) is 2.57. The lowest BCUT2D eigenvalue weighted by molar-refractivity contribution is -0.121. The lowest BCUT2D eigenvalue weighted by atomic mass is 10.1. The zero-order valence-electron chi connectivity index (χ0n) is 15.4. The summed E-state index contributed by atoms with van der Waals surface area (Å²) in [5, 5.41) is 2.61. The fourth-order valence-electron chi connectivity index (χ4n) is 2.60. The van der Waals surface area contributed by atoms with Crippen LogP contribution in [-0.2, 0) is 21.4 Å². The lowest BCUT2D eigenvalue weighted by Crippen LogP contribution is -2.29. The van der Waals surface area contributed by atoms with E-state index in [1.54, 1.807) is 19.9 Å². The van der Waals surface area contributed by atoms with Gasteiger partial charge >= 0.3 is 0 Å². The number of carbonyl (C=O) groups is 1. The summed E-state index contributed by atoms with van der Waals surface area (Å²) < 4.78 is 52.6. The molecule has 1 amide bonds. The summed E-state index contributed by atoms with van der Waals surface area (Å²) in [5.74, 6) is -2.42. The second-order valence-electron chi connectivity index (χ2n) is 6.30. The molecular weight excluding hydrogens is 392 g/mol. The van der Waals surface area contributed by atoms with Gasteiger partial charge in [-0.05, 0) is 44.0 Å². The molecule has 0 fully saturated rings. The monoisotopic (exact) mass is 413 g/mol. The highest BCUT2D eigenvalue weighted by atomic mass is 32.2. The average molecular weight is 413 g/mol. The highest BCUT2D eigenvalue weighted by Gasteiger charge is 2.19. The first-order valence-corrected chi connectivity index (χ1v) is 9.99. The molecule has 0 aliphatic carbocycles. The molecule has 1 aromatic heterocycles. The first kappa shape index (κ1) is 21.7. The predicted molar refractivity (Wildman–Crippen MR) is 99.2 cm³/mol. The van der Waals surface area contributed by atoms with Crippen LogP contribution in [0.25, 0.3) is 0 Å². The molecule has 3 N–H and O–H groups in total. The molecule has 1 aromatic carbocycles. The van der Waals surface area contributed by atoms with E-state index in [2.05, 4.69) is 15.0 Å². The van der Waals surface area contributed by atoms with Crippen molar-refractivity contribution in [2.75, 3.05) is 6.54 Å². The van der Waals surface area contributed by atoms with Gasteiger partial charge in [0.25, 0.3) is 5.56 Å². The number of benzene rings is 1. The van der Waals surface area contributed by atoms with Crippen molar-refractivity contribution < 1.29 is 22.0 Å². The Morgan fingerprint density at radius 2 is 1.89 bits per heavy atom. The number of halogens is 2. The summed E-state index contributed by atoms with van der Waals surface area (Å²) in [5.41, 5.74) is 1.66. The Hall–Kier alpha value is -2.59. The molecule has 0 atom stereocenters. The standard InChI is InChI=1S/C18H21F2N3O4S/c1-11-8-12(2)23-18(25)14(11)10-21-17(24)4-3-7-22-28(26,27)16-6-5-13(19)9-15(16)20/h5-6,8-9,22H,3-4,7,10H2,1-2H3,(H,21,24)(H,23,25). The third-order valence-corrected chi connectivity index (χ3v) is 5.51. The van der Waals surface area contributed by atoms with E-state index < -0.39 is 26.6 Å². The van der Waals surface area contributed by atoms with E-state index in [0.29, 0.717) is 11.6 Å². The van der Waals surface area contributed by atoms with E-state index in [1.807, 2.05) is 0 Å². The van der Waals surface area contributed by atoms with Crippen LogP contribution in [0.5, 0.6) is 0 Å². The first-order chi connectivity index (χ1) is 13.1. The van der Waals surface area contributed by atoms with E-state index in [4.69, 9.17) is 0 Å². The minimum Gasteiger partial charge on any atom is -0.352 e. The van der Waals surface area contributed by atoms with Gasteiger partial charge in [-0.1, -0.05) is 0 Å². The molecule has 10 heteroatoms. The highest BCUT2D eigenvalue weighted by molar-refractivity contribution is 7.89. The van der Waals surface area contributed by atoms with Crippen molar-refractivity contribution in [2.24, 2.45) is 0 Å². The largest absolute Gasteiger partial charge is 0.352 e. The van der Waals surface area contributed by atoms with E-state index in [9.17, 15) is 26.8 Å². The van der Waals surface area contributed by atoms with Crippen LogP contribution in [0.3, 0.4) is 0 Å². The van der Waals surface area contributed by atoms with Gasteiger partial charge in [-0.25, -0.2) is 21.9 Å². The number of amides is 1. The molecule has 0 saturated carbocycles. The summed E-state index contributed by atoms with van der Waals surface area (Å²) in [4.78, 5) is 25.8. The smallest absolute Gasteiger partial charge is 0.253 e. The molecule has 1 heterocycles. The molecular formula is C18H21F2N3O4S. The second kappa shape index (κ2) is 9.07. The normalized spacial score (nSPS) is 11.4. The third kappa shape index (κ3) is 5.70. The van der Waals surface area contributed by atoms with Crippen LogP contribution >= 0.6 is 0 Å². The number of aromatic amines is 1. The Bertz CT molecular complexity index is 1040. The second-order valence-corrected chi connectivity index (χ2v) is 8.03. The number of carbonyl (C=O) groups excluding carboxylic acids is 1. The van der Waals surface area contributed by atoms with Crippen LogP contribution in [0.1, 0.15) is 29.7 Å². The maximum atomic E-state index is 13.6. The molecule has 0 unspecified atom stereocenters. The van der Waals surface area contributed by atoms with Crippen molar-refractivity contribution in [3.05, 3.63) is 63.1 Å². The van der Waals surface area contributed by atoms with Crippen LogP contribution in [0.15, 0.2) is 34.0 Å². The van der Waals surface area contributed by atoms with Crippen molar-refractivity contribution in [3.8, 4) is 0 Å². The number of hydrogen-bond donors (Lipinski definition) is 3. The Morgan fingerprint density at radius 3 is 2.54 bits per heavy atom. The van der Waals surface area contributed by atoms with Gasteiger partial charge in [-0.15, -0.1) is 0 Å². The molecule has 7 nitrogen and oxygen atoms in total. The number of pyridine rings is 1. The maximum absolute atomic E-state index is 13.6. The fraction of sp³-hybridized carbons (Fsp3) is 0.333. The number of aryl methyl sites for hydroxylation is 2. The van der Waals surface area contributed by atoms with Gasteiger partial charge in [0, 0.05) is 36.8 Å². The highest BCUT2D eigenvalue weighted by Crippen LogP contribution is 2.15. The number of rotatable bonds is 8. The number of sulfonamides is 1. The first-order valence-electron chi connectivity index (χ1n) is 8.51. The minimum atomic E-state index is -4.15. The molecule has 28 heavy (non-hydrogen) atoms. The number of hydrogen-bond acceptors (Lipinski definition) is 4. The summed E-state index contributed by atoms with van der Waals surface area (Å²) in [7, 11) is -4.15. The van der Waals surface area contributed by atoms with Gasteiger partial charge in [0.15, 0.2) is 0 Å². The Labute approximate surface area is 161 Å². The van der Waals surface area contributed by atoms with Crippen LogP contribution in [0.2, 0.25) is 0 Å². The van der Waals surface area contributed by atoms with Gasteiger partial charge in [0.1, 0.15) is 16.5 Å². The number of aromatic nitrogens is 1. The third-order valence-electron chi connectivity index (χ3n) is 4.01. The van der Waals surface area contributed by atoms with E-state index in [0.717, 1.165) is 23.4 Å². The van der Waals surface area contributed by atoms with Crippen molar-refractivity contribution in [1.29, 1.82) is 0 Å². The Kier molecular flexibility index (Phi) is 7.03. The zero-order chi connectivity index (χ0) is 20.9. The Balaban J connectivity index is 1.82. The molecule has 0 radical (unpaired) electrons. The quantitative estimate of drug-likeness (QED) is 0.572. The number of nitrogens with one attached hydrogen (secondary N) is 3. The predicted octanol–water partition coefficient (Wildman–Crippen LogP) is 1.64. The molecule has 0 aliphatic rings. The van der Waals surface area contributed by atoms with Crippen LogP contribution in [0.4, 0.5) is 8.78 Å². The minimum absolute atomic E-state index is 0.0111. The molecule has 0 spiro atoms. The van der Waals surface area contributed by atoms with Crippen molar-refractivity contribution in [1.82, 2.24) is 15.0 Å². The fourth-order valence-corrected chi connectivity index (χ4v) is 3.73. The van der Waals surface area contributed by atoms with Gasteiger partial charge in [0.2, 0.25) is 15.9 Å². The van der Waals surface area contributed by atoms with Crippen LogP contribution in [-0.4, -0.2) is 25.9 Å². The molecule has 0 bridgehead atoms.